The number of nitrogens with one attached hydrogen (secondary N) is 2. The Morgan fingerprint density at radius 3 is 2.71 bits per heavy atom. The number of hydrogen-bond donors (Lipinski definition) is 2. The first-order valence-electron chi connectivity index (χ1n) is 8.26. The van der Waals surface area contributed by atoms with Crippen LogP contribution in [0.2, 0.25) is 0 Å². The highest BCUT2D eigenvalue weighted by molar-refractivity contribution is 7.89. The number of benzene rings is 1. The summed E-state index contributed by atoms with van der Waals surface area (Å²) in [6.07, 6.45) is 3.13. The zero-order chi connectivity index (χ0) is 17.3. The number of piperidine rings is 1. The highest BCUT2D eigenvalue weighted by Crippen LogP contribution is 2.18. The van der Waals surface area contributed by atoms with Gasteiger partial charge in [-0.15, -0.1) is 0 Å². The molecule has 0 aliphatic carbocycles. The number of nitrogens with zero attached hydrogens (tertiary/aromatic N) is 2. The summed E-state index contributed by atoms with van der Waals surface area (Å²) in [7, 11) is -0.249. The van der Waals surface area contributed by atoms with Gasteiger partial charge in [0.2, 0.25) is 10.0 Å². The molecule has 0 amide bonds. The molecule has 1 saturated heterocycles. The topological polar surface area (TPSA) is 85.1 Å². The fourth-order valence-corrected chi connectivity index (χ4v) is 4.37. The zero-order valence-electron chi connectivity index (χ0n) is 14.1. The van der Waals surface area contributed by atoms with Gasteiger partial charge in [-0.1, -0.05) is 0 Å². The van der Waals surface area contributed by atoms with Gasteiger partial charge in [-0.2, -0.15) is 0 Å². The summed E-state index contributed by atoms with van der Waals surface area (Å²) in [6.45, 7) is 2.44. The van der Waals surface area contributed by atoms with E-state index in [0.717, 1.165) is 37.9 Å². The van der Waals surface area contributed by atoms with E-state index >= 15 is 0 Å². The number of aryl methyl sites for hydroxylation is 2. The van der Waals surface area contributed by atoms with Gasteiger partial charge in [-0.25, -0.2) is 17.9 Å². The summed E-state index contributed by atoms with van der Waals surface area (Å²) in [5, 5.41) is 3.34. The van der Waals surface area contributed by atoms with Gasteiger partial charge in [-0.3, -0.25) is 9.13 Å². The minimum Gasteiger partial charge on any atom is -0.316 e. The number of rotatable bonds is 5. The van der Waals surface area contributed by atoms with Crippen molar-refractivity contribution < 1.29 is 8.42 Å². The molecule has 8 heteroatoms. The van der Waals surface area contributed by atoms with Crippen LogP contribution in [0, 0.1) is 5.92 Å². The molecule has 1 unspecified atom stereocenters. The lowest BCUT2D eigenvalue weighted by atomic mass is 9.96. The second-order valence-corrected chi connectivity index (χ2v) is 8.22. The van der Waals surface area contributed by atoms with Crippen LogP contribution in [-0.4, -0.2) is 37.2 Å². The van der Waals surface area contributed by atoms with E-state index in [2.05, 4.69) is 10.0 Å². The Balaban J connectivity index is 1.75. The molecule has 3 rings (SSSR count). The van der Waals surface area contributed by atoms with Gasteiger partial charge in [0.1, 0.15) is 0 Å². The molecule has 2 N–H and O–H groups in total. The summed E-state index contributed by atoms with van der Waals surface area (Å²) in [5.41, 5.74) is 1.16. The second kappa shape index (κ2) is 6.70. The molecule has 2 aromatic rings. The van der Waals surface area contributed by atoms with Crippen LogP contribution in [-0.2, 0) is 24.1 Å². The van der Waals surface area contributed by atoms with Crippen LogP contribution < -0.4 is 15.7 Å². The third-order valence-electron chi connectivity index (χ3n) is 4.80. The van der Waals surface area contributed by atoms with Crippen molar-refractivity contribution in [2.24, 2.45) is 20.0 Å². The standard InChI is InChI=1S/C16H24N4O3S/c1-19-14-6-5-13(10-15(14)20(2)16(19)21)24(22,23)18-9-7-12-4-3-8-17-11-12/h5-6,10,12,17-18H,3-4,7-9,11H2,1-2H3. The summed E-state index contributed by atoms with van der Waals surface area (Å²) >= 11 is 0. The Hall–Kier alpha value is -1.64. The van der Waals surface area contributed by atoms with Crippen molar-refractivity contribution in [1.82, 2.24) is 19.2 Å². The molecule has 0 radical (unpaired) electrons. The Bertz CT molecular complexity index is 892. The maximum Gasteiger partial charge on any atom is 0.328 e. The van der Waals surface area contributed by atoms with Crippen LogP contribution in [0.1, 0.15) is 19.3 Å². The highest BCUT2D eigenvalue weighted by atomic mass is 32.2. The Morgan fingerprint density at radius 2 is 2.00 bits per heavy atom. The van der Waals surface area contributed by atoms with Gasteiger partial charge >= 0.3 is 5.69 Å². The molecule has 132 valence electrons. The predicted molar refractivity (Wildman–Crippen MR) is 93.6 cm³/mol. The number of fused-ring (bicyclic) bond motifs is 1. The number of aromatic nitrogens is 2. The summed E-state index contributed by atoms with van der Waals surface area (Å²) < 4.78 is 30.6. The number of imidazole rings is 1. The van der Waals surface area contributed by atoms with E-state index in [1.807, 2.05) is 0 Å². The molecule has 2 heterocycles. The van der Waals surface area contributed by atoms with Crippen molar-refractivity contribution in [2.75, 3.05) is 19.6 Å². The van der Waals surface area contributed by atoms with Gasteiger partial charge in [0.15, 0.2) is 0 Å². The van der Waals surface area contributed by atoms with Crippen molar-refractivity contribution in [1.29, 1.82) is 0 Å². The first-order chi connectivity index (χ1) is 11.4. The molecule has 24 heavy (non-hydrogen) atoms. The van der Waals surface area contributed by atoms with Gasteiger partial charge in [0.05, 0.1) is 15.9 Å². The van der Waals surface area contributed by atoms with E-state index in [9.17, 15) is 13.2 Å². The maximum atomic E-state index is 12.5. The number of sulfonamides is 1. The quantitative estimate of drug-likeness (QED) is 0.823. The van der Waals surface area contributed by atoms with Crippen LogP contribution in [0.4, 0.5) is 0 Å². The average Bonchev–Trinajstić information content (AvgIpc) is 2.80. The minimum atomic E-state index is -3.57. The highest BCUT2D eigenvalue weighted by Gasteiger charge is 2.18. The van der Waals surface area contributed by atoms with Crippen LogP contribution >= 0.6 is 0 Å². The van der Waals surface area contributed by atoms with E-state index in [1.165, 1.54) is 9.13 Å². The van der Waals surface area contributed by atoms with Gasteiger partial charge in [0.25, 0.3) is 0 Å². The molecular weight excluding hydrogens is 328 g/mol. The molecule has 0 spiro atoms. The van der Waals surface area contributed by atoms with E-state index in [1.54, 1.807) is 32.3 Å². The largest absolute Gasteiger partial charge is 0.328 e. The van der Waals surface area contributed by atoms with E-state index in [0.29, 0.717) is 18.0 Å². The Kier molecular flexibility index (Phi) is 4.80. The summed E-state index contributed by atoms with van der Waals surface area (Å²) in [5.74, 6) is 0.527. The normalized spacial score (nSPS) is 19.0. The third kappa shape index (κ3) is 3.26. The van der Waals surface area contributed by atoms with Crippen molar-refractivity contribution in [3.05, 3.63) is 28.7 Å². The second-order valence-electron chi connectivity index (χ2n) is 6.45. The lowest BCUT2D eigenvalue weighted by molar-refractivity contribution is 0.358. The first-order valence-corrected chi connectivity index (χ1v) is 9.74. The summed E-state index contributed by atoms with van der Waals surface area (Å²) in [6, 6.07) is 4.78. The van der Waals surface area contributed by atoms with Gasteiger partial charge < -0.3 is 5.32 Å². The molecule has 0 saturated carbocycles. The number of hydrogen-bond acceptors (Lipinski definition) is 4. The lowest BCUT2D eigenvalue weighted by Crippen LogP contribution is -2.33. The van der Waals surface area contributed by atoms with Crippen molar-refractivity contribution in [3.63, 3.8) is 0 Å². The van der Waals surface area contributed by atoms with Crippen molar-refractivity contribution >= 4 is 21.1 Å². The summed E-state index contributed by atoms with van der Waals surface area (Å²) in [4.78, 5) is 12.1. The monoisotopic (exact) mass is 352 g/mol. The maximum absolute atomic E-state index is 12.5. The molecule has 1 aromatic carbocycles. The minimum absolute atomic E-state index is 0.169. The molecule has 1 aromatic heterocycles. The van der Waals surface area contributed by atoms with Gasteiger partial charge in [-0.05, 0) is 56.5 Å². The van der Waals surface area contributed by atoms with Crippen LogP contribution in [0.25, 0.3) is 11.0 Å². The third-order valence-corrected chi connectivity index (χ3v) is 6.26. The Morgan fingerprint density at radius 1 is 1.25 bits per heavy atom. The van der Waals surface area contributed by atoms with E-state index in [4.69, 9.17) is 0 Å². The average molecular weight is 352 g/mol. The van der Waals surface area contributed by atoms with E-state index < -0.39 is 10.0 Å². The van der Waals surface area contributed by atoms with Crippen LogP contribution in [0.5, 0.6) is 0 Å². The molecule has 1 fully saturated rings. The molecule has 1 aliphatic rings. The van der Waals surface area contributed by atoms with Crippen LogP contribution in [0.15, 0.2) is 27.9 Å². The Labute approximate surface area is 141 Å². The molecule has 0 bridgehead atoms. The molecule has 1 atom stereocenters. The molecular formula is C16H24N4O3S. The van der Waals surface area contributed by atoms with Crippen LogP contribution in [0.3, 0.4) is 0 Å². The van der Waals surface area contributed by atoms with Gasteiger partial charge in [0, 0.05) is 20.6 Å². The lowest BCUT2D eigenvalue weighted by Gasteiger charge is -2.22. The van der Waals surface area contributed by atoms with E-state index in [-0.39, 0.29) is 10.6 Å². The van der Waals surface area contributed by atoms with Crippen molar-refractivity contribution in [3.8, 4) is 0 Å². The predicted octanol–water partition coefficient (Wildman–Crippen LogP) is 0.545. The molecule has 1 aliphatic heterocycles. The zero-order valence-corrected chi connectivity index (χ0v) is 14.9. The fourth-order valence-electron chi connectivity index (χ4n) is 3.30. The smallest absolute Gasteiger partial charge is 0.316 e. The first kappa shape index (κ1) is 17.2. The molecule has 7 nitrogen and oxygen atoms in total. The SMILES string of the molecule is Cn1c(=O)n(C)c2cc(S(=O)(=O)NCCC3CCCNC3)ccc21. The van der Waals surface area contributed by atoms with Crippen molar-refractivity contribution in [2.45, 2.75) is 24.2 Å². The fraction of sp³-hybridized carbons (Fsp3) is 0.562.